The molecule has 9 heavy (non-hydrogen) atoms. The first-order valence-electron chi connectivity index (χ1n) is 3.13. The predicted octanol–water partition coefficient (Wildman–Crippen LogP) is 1.58. The van der Waals surface area contributed by atoms with Crippen LogP contribution in [0.3, 0.4) is 0 Å². The third-order valence-electron chi connectivity index (χ3n) is 1.61. The number of hydrogen-bond donors (Lipinski definition) is 0. The standard InChI is InChI=1S/C7H10Si.Zr/c1-7(8)5-3-2-4-6-7;/h2-5,8H,6H2,1H3;/q;+2. The van der Waals surface area contributed by atoms with Gasteiger partial charge in [0.2, 0.25) is 0 Å². The fraction of sp³-hybridized carbons (Fsp3) is 0.429. The van der Waals surface area contributed by atoms with Gasteiger partial charge < -0.3 is 0 Å². The molecule has 0 saturated heterocycles. The Bertz CT molecular complexity index is 172. The molecule has 44 valence electrons. The predicted molar refractivity (Wildman–Crippen MR) is 38.4 cm³/mol. The Morgan fingerprint density at radius 2 is 2.33 bits per heavy atom. The van der Waals surface area contributed by atoms with Gasteiger partial charge in [0.15, 0.2) is 0 Å². The van der Waals surface area contributed by atoms with E-state index in [1.165, 1.54) is 6.42 Å². The van der Waals surface area contributed by atoms with E-state index in [0.29, 0.717) is 11.2 Å². The van der Waals surface area contributed by atoms with Gasteiger partial charge in [0.05, 0.1) is 0 Å². The van der Waals surface area contributed by atoms with E-state index in [-0.39, 0.29) is 0 Å². The van der Waals surface area contributed by atoms with Gasteiger partial charge in [-0.1, -0.05) is 0 Å². The average Bonchev–Trinajstić information content (AvgIpc) is 1.90. The summed E-state index contributed by atoms with van der Waals surface area (Å²) in [5, 5.41) is 0.576. The molecular formula is C7H10SiZr+2. The molecule has 1 aliphatic carbocycles. The minimum atomic E-state index is 0.576. The Morgan fingerprint density at radius 3 is 2.67 bits per heavy atom. The van der Waals surface area contributed by atoms with Crippen molar-refractivity contribution in [1.82, 2.24) is 0 Å². The van der Waals surface area contributed by atoms with E-state index in [1.807, 2.05) is 0 Å². The maximum absolute atomic E-state index is 2.36. The van der Waals surface area contributed by atoms with Gasteiger partial charge in [0.25, 0.3) is 0 Å². The summed E-state index contributed by atoms with van der Waals surface area (Å²) in [6.07, 6.45) is 10.9. The summed E-state index contributed by atoms with van der Waals surface area (Å²) in [7, 11) is 0. The summed E-state index contributed by atoms with van der Waals surface area (Å²) < 4.78 is 0. The Morgan fingerprint density at radius 1 is 1.56 bits per heavy atom. The second-order valence-electron chi connectivity index (χ2n) is 2.64. The summed E-state index contributed by atoms with van der Waals surface area (Å²) in [6.45, 7) is 2.36. The van der Waals surface area contributed by atoms with Crippen LogP contribution in [-0.2, 0) is 23.3 Å². The first kappa shape index (κ1) is 7.68. The number of rotatable bonds is 1. The van der Waals surface area contributed by atoms with Crippen LogP contribution in [0.4, 0.5) is 0 Å². The fourth-order valence-corrected chi connectivity index (χ4v) is 2.89. The van der Waals surface area contributed by atoms with Gasteiger partial charge in [-0.2, -0.15) is 0 Å². The van der Waals surface area contributed by atoms with Crippen molar-refractivity contribution in [2.75, 3.05) is 0 Å². The quantitative estimate of drug-likeness (QED) is 0.580. The van der Waals surface area contributed by atoms with Crippen molar-refractivity contribution in [1.29, 1.82) is 0 Å². The van der Waals surface area contributed by atoms with Crippen LogP contribution in [0.5, 0.6) is 0 Å². The van der Waals surface area contributed by atoms with E-state index in [0.717, 1.165) is 0 Å². The Kier molecular flexibility index (Phi) is 2.66. The Balaban J connectivity index is 2.73. The van der Waals surface area contributed by atoms with Crippen molar-refractivity contribution in [3.63, 3.8) is 0 Å². The van der Waals surface area contributed by atoms with Gasteiger partial charge in [0, 0.05) is 0 Å². The van der Waals surface area contributed by atoms with Crippen LogP contribution in [-0.4, -0.2) is 6.16 Å². The molecule has 0 aromatic heterocycles. The van der Waals surface area contributed by atoms with Crippen LogP contribution in [0.2, 0.25) is 5.04 Å². The summed E-state index contributed by atoms with van der Waals surface area (Å²) in [6, 6.07) is 0. The van der Waals surface area contributed by atoms with Crippen LogP contribution in [0.25, 0.3) is 0 Å². The molecule has 2 heteroatoms. The molecule has 0 aromatic carbocycles. The van der Waals surface area contributed by atoms with E-state index >= 15 is 0 Å². The molecule has 1 unspecified atom stereocenters. The SMILES string of the molecule is CC1([SiH]=[Zr+2])C=CC=CC1. The van der Waals surface area contributed by atoms with Crippen LogP contribution >= 0.6 is 0 Å². The first-order chi connectivity index (χ1) is 4.27. The van der Waals surface area contributed by atoms with Gasteiger partial charge in [-0.15, -0.1) is 0 Å². The third kappa shape index (κ3) is 2.01. The zero-order valence-corrected chi connectivity index (χ0v) is 9.21. The first-order valence-corrected chi connectivity index (χ1v) is 8.54. The van der Waals surface area contributed by atoms with Crippen molar-refractivity contribution in [2.45, 2.75) is 18.4 Å². The molecule has 1 rings (SSSR count). The van der Waals surface area contributed by atoms with Gasteiger partial charge >= 0.3 is 72.2 Å². The van der Waals surface area contributed by atoms with Gasteiger partial charge in [-0.05, 0) is 0 Å². The molecule has 1 aliphatic rings. The van der Waals surface area contributed by atoms with Gasteiger partial charge in [-0.3, -0.25) is 0 Å². The van der Waals surface area contributed by atoms with Crippen LogP contribution in [0.15, 0.2) is 24.3 Å². The summed E-state index contributed by atoms with van der Waals surface area (Å²) in [5.41, 5.74) is 0. The summed E-state index contributed by atoms with van der Waals surface area (Å²) in [4.78, 5) is 0. The summed E-state index contributed by atoms with van der Waals surface area (Å²) in [5.74, 6) is 0. The molecule has 0 radical (unpaired) electrons. The topological polar surface area (TPSA) is 0 Å². The van der Waals surface area contributed by atoms with Crippen molar-refractivity contribution >= 4 is 6.16 Å². The van der Waals surface area contributed by atoms with Gasteiger partial charge in [-0.25, -0.2) is 0 Å². The molecule has 0 amide bonds. The molecule has 0 bridgehead atoms. The third-order valence-corrected chi connectivity index (χ3v) is 7.56. The zero-order valence-electron chi connectivity index (χ0n) is 5.59. The Labute approximate surface area is 72.0 Å². The van der Waals surface area contributed by atoms with E-state index in [9.17, 15) is 0 Å². The molecule has 0 nitrogen and oxygen atoms in total. The van der Waals surface area contributed by atoms with E-state index < -0.39 is 0 Å². The van der Waals surface area contributed by atoms with E-state index in [1.54, 1.807) is 23.3 Å². The average molecular weight is 213 g/mol. The molecule has 0 aromatic rings. The summed E-state index contributed by atoms with van der Waals surface area (Å²) >= 11 is 1.73. The van der Waals surface area contributed by atoms with Crippen LogP contribution in [0.1, 0.15) is 13.3 Å². The molecular weight excluding hydrogens is 203 g/mol. The molecule has 1 atom stereocenters. The molecule has 0 heterocycles. The van der Waals surface area contributed by atoms with Gasteiger partial charge in [0.1, 0.15) is 0 Å². The van der Waals surface area contributed by atoms with Crippen LogP contribution < -0.4 is 0 Å². The van der Waals surface area contributed by atoms with Crippen molar-refractivity contribution in [3.05, 3.63) is 24.3 Å². The Hall–Kier alpha value is 0.580. The van der Waals surface area contributed by atoms with E-state index in [4.69, 9.17) is 0 Å². The van der Waals surface area contributed by atoms with Crippen molar-refractivity contribution < 1.29 is 23.3 Å². The molecule has 0 fully saturated rings. The number of hydrogen-bond acceptors (Lipinski definition) is 0. The number of allylic oxidation sites excluding steroid dienone is 4. The zero-order chi connectivity index (χ0) is 6.74. The monoisotopic (exact) mass is 212 g/mol. The van der Waals surface area contributed by atoms with Crippen molar-refractivity contribution in [2.24, 2.45) is 0 Å². The second kappa shape index (κ2) is 3.12. The molecule has 0 saturated carbocycles. The minimum absolute atomic E-state index is 0.576. The van der Waals surface area contributed by atoms with Crippen LogP contribution in [0, 0.1) is 0 Å². The normalized spacial score (nSPS) is 32.8. The fourth-order valence-electron chi connectivity index (χ4n) is 0.851. The molecule has 0 N–H and O–H groups in total. The molecule has 0 spiro atoms. The maximum atomic E-state index is 2.36. The van der Waals surface area contributed by atoms with Crippen molar-refractivity contribution in [3.8, 4) is 0 Å². The second-order valence-corrected chi connectivity index (χ2v) is 6.38. The van der Waals surface area contributed by atoms with E-state index in [2.05, 4.69) is 31.2 Å². The molecule has 0 aliphatic heterocycles.